The van der Waals surface area contributed by atoms with Gasteiger partial charge in [0.2, 0.25) is 5.88 Å². The number of hydrogen-bond donors (Lipinski definition) is 1. The lowest BCUT2D eigenvalue weighted by Gasteiger charge is -2.04. The second-order valence-corrected chi connectivity index (χ2v) is 2.36. The van der Waals surface area contributed by atoms with Gasteiger partial charge in [0.25, 0.3) is 0 Å². The molecule has 0 aliphatic rings. The van der Waals surface area contributed by atoms with Crippen molar-refractivity contribution in [2.45, 2.75) is 6.92 Å². The molecule has 1 aromatic rings. The number of nitriles is 1. The Balaban J connectivity index is 3.30. The van der Waals surface area contributed by atoms with Crippen LogP contribution in [-0.4, -0.2) is 12.1 Å². The Morgan fingerprint density at radius 2 is 2.33 bits per heavy atom. The van der Waals surface area contributed by atoms with E-state index in [1.54, 1.807) is 6.07 Å². The number of rotatable bonds is 1. The standard InChI is InChI=1S/C8H9N3O/c1-5-3-6(10)7(4-9)11-8(5)12-2/h3H,10H2,1-2H3. The molecule has 4 heteroatoms. The van der Waals surface area contributed by atoms with Crippen LogP contribution in [-0.2, 0) is 0 Å². The second-order valence-electron chi connectivity index (χ2n) is 2.36. The minimum Gasteiger partial charge on any atom is -0.481 e. The van der Waals surface area contributed by atoms with Gasteiger partial charge in [0.1, 0.15) is 6.07 Å². The van der Waals surface area contributed by atoms with E-state index < -0.39 is 0 Å². The van der Waals surface area contributed by atoms with Crippen LogP contribution in [0.5, 0.6) is 5.88 Å². The zero-order chi connectivity index (χ0) is 9.14. The zero-order valence-corrected chi connectivity index (χ0v) is 6.96. The monoisotopic (exact) mass is 163 g/mol. The Morgan fingerprint density at radius 3 is 2.83 bits per heavy atom. The molecule has 4 nitrogen and oxygen atoms in total. The van der Waals surface area contributed by atoms with E-state index in [0.717, 1.165) is 5.56 Å². The Morgan fingerprint density at radius 1 is 1.67 bits per heavy atom. The van der Waals surface area contributed by atoms with Gasteiger partial charge in [-0.1, -0.05) is 0 Å². The van der Waals surface area contributed by atoms with Gasteiger partial charge in [-0.3, -0.25) is 0 Å². The van der Waals surface area contributed by atoms with E-state index in [9.17, 15) is 0 Å². The molecule has 0 saturated carbocycles. The van der Waals surface area contributed by atoms with Crippen molar-refractivity contribution in [2.24, 2.45) is 0 Å². The third-order valence-electron chi connectivity index (χ3n) is 1.50. The maximum absolute atomic E-state index is 8.58. The largest absolute Gasteiger partial charge is 0.481 e. The number of methoxy groups -OCH3 is 1. The minimum absolute atomic E-state index is 0.206. The van der Waals surface area contributed by atoms with Crippen LogP contribution in [0.3, 0.4) is 0 Å². The predicted octanol–water partition coefficient (Wildman–Crippen LogP) is 0.853. The van der Waals surface area contributed by atoms with Crippen molar-refractivity contribution in [3.8, 4) is 11.9 Å². The summed E-state index contributed by atoms with van der Waals surface area (Å²) in [6, 6.07) is 3.55. The van der Waals surface area contributed by atoms with Gasteiger partial charge in [-0.2, -0.15) is 5.26 Å². The highest BCUT2D eigenvalue weighted by Crippen LogP contribution is 2.19. The molecule has 0 aromatic carbocycles. The highest BCUT2D eigenvalue weighted by molar-refractivity contribution is 5.53. The fourth-order valence-electron chi connectivity index (χ4n) is 0.914. The van der Waals surface area contributed by atoms with E-state index in [1.165, 1.54) is 7.11 Å². The lowest BCUT2D eigenvalue weighted by Crippen LogP contribution is -1.98. The van der Waals surface area contributed by atoms with Gasteiger partial charge in [0.05, 0.1) is 12.8 Å². The molecule has 12 heavy (non-hydrogen) atoms. The third kappa shape index (κ3) is 1.30. The van der Waals surface area contributed by atoms with E-state index in [1.807, 2.05) is 13.0 Å². The summed E-state index contributed by atoms with van der Waals surface area (Å²) in [4.78, 5) is 3.90. The Labute approximate surface area is 70.6 Å². The molecule has 62 valence electrons. The number of ether oxygens (including phenoxy) is 1. The van der Waals surface area contributed by atoms with Gasteiger partial charge in [0.15, 0.2) is 5.69 Å². The number of nitrogens with zero attached hydrogens (tertiary/aromatic N) is 2. The first kappa shape index (κ1) is 8.34. The SMILES string of the molecule is COc1nc(C#N)c(N)cc1C. The number of pyridine rings is 1. The van der Waals surface area contributed by atoms with Crippen LogP contribution in [0.2, 0.25) is 0 Å². The molecule has 0 aliphatic carbocycles. The van der Waals surface area contributed by atoms with E-state index in [4.69, 9.17) is 15.7 Å². The summed E-state index contributed by atoms with van der Waals surface area (Å²) in [5, 5.41) is 8.58. The molecule has 1 heterocycles. The molecule has 0 spiro atoms. The number of nitrogen functional groups attached to an aromatic ring is 1. The van der Waals surface area contributed by atoms with Crippen molar-refractivity contribution in [3.63, 3.8) is 0 Å². The van der Waals surface area contributed by atoms with Crippen LogP contribution >= 0.6 is 0 Å². The lowest BCUT2D eigenvalue weighted by molar-refractivity contribution is 0.394. The van der Waals surface area contributed by atoms with Gasteiger partial charge in [-0.25, -0.2) is 4.98 Å². The normalized spacial score (nSPS) is 9.08. The summed E-state index contributed by atoms with van der Waals surface area (Å²) in [5.41, 5.74) is 6.93. The lowest BCUT2D eigenvalue weighted by atomic mass is 10.2. The molecule has 0 bridgehead atoms. The molecule has 0 aliphatic heterocycles. The van der Waals surface area contributed by atoms with Crippen LogP contribution in [0, 0.1) is 18.3 Å². The first-order chi connectivity index (χ1) is 5.69. The van der Waals surface area contributed by atoms with Gasteiger partial charge < -0.3 is 10.5 Å². The van der Waals surface area contributed by atoms with Gasteiger partial charge >= 0.3 is 0 Å². The number of aryl methyl sites for hydroxylation is 1. The highest BCUT2D eigenvalue weighted by Gasteiger charge is 2.05. The molecular formula is C8H9N3O. The summed E-state index contributed by atoms with van der Waals surface area (Å²) in [5.74, 6) is 0.445. The molecule has 0 saturated heterocycles. The fourth-order valence-corrected chi connectivity index (χ4v) is 0.914. The van der Waals surface area contributed by atoms with Gasteiger partial charge in [0, 0.05) is 5.56 Å². The number of hydrogen-bond acceptors (Lipinski definition) is 4. The highest BCUT2D eigenvalue weighted by atomic mass is 16.5. The van der Waals surface area contributed by atoms with E-state index in [0.29, 0.717) is 11.6 Å². The first-order valence-electron chi connectivity index (χ1n) is 3.40. The summed E-state index contributed by atoms with van der Waals surface area (Å²) in [7, 11) is 1.51. The second kappa shape index (κ2) is 3.09. The molecule has 2 N–H and O–H groups in total. The number of nitrogens with two attached hydrogens (primary N) is 1. The molecule has 0 radical (unpaired) electrons. The van der Waals surface area contributed by atoms with Crippen molar-refractivity contribution < 1.29 is 4.74 Å². The van der Waals surface area contributed by atoms with Gasteiger partial charge in [-0.05, 0) is 13.0 Å². The average Bonchev–Trinajstić information content (AvgIpc) is 2.05. The molecule has 0 unspecified atom stereocenters. The molecule has 0 atom stereocenters. The molecule has 1 rings (SSSR count). The Hall–Kier alpha value is -1.76. The van der Waals surface area contributed by atoms with Crippen LogP contribution in [0.25, 0.3) is 0 Å². The van der Waals surface area contributed by atoms with Crippen LogP contribution in [0.15, 0.2) is 6.07 Å². The molecule has 0 fully saturated rings. The predicted molar refractivity (Wildman–Crippen MR) is 44.7 cm³/mol. The van der Waals surface area contributed by atoms with E-state index in [2.05, 4.69) is 4.98 Å². The number of aromatic nitrogens is 1. The maximum atomic E-state index is 8.58. The fraction of sp³-hybridized carbons (Fsp3) is 0.250. The Bertz CT molecular complexity index is 341. The van der Waals surface area contributed by atoms with Crippen molar-refractivity contribution in [2.75, 3.05) is 12.8 Å². The molecule has 1 aromatic heterocycles. The molecule has 0 amide bonds. The summed E-state index contributed by atoms with van der Waals surface area (Å²) < 4.78 is 4.92. The van der Waals surface area contributed by atoms with Crippen LogP contribution in [0.4, 0.5) is 5.69 Å². The van der Waals surface area contributed by atoms with Gasteiger partial charge in [-0.15, -0.1) is 0 Å². The molecular weight excluding hydrogens is 154 g/mol. The zero-order valence-electron chi connectivity index (χ0n) is 6.96. The van der Waals surface area contributed by atoms with Crippen LogP contribution < -0.4 is 10.5 Å². The maximum Gasteiger partial charge on any atom is 0.217 e. The topological polar surface area (TPSA) is 71.9 Å². The third-order valence-corrected chi connectivity index (χ3v) is 1.50. The summed E-state index contributed by atoms with van der Waals surface area (Å²) in [6.45, 7) is 1.82. The van der Waals surface area contributed by atoms with E-state index in [-0.39, 0.29) is 5.69 Å². The average molecular weight is 163 g/mol. The minimum atomic E-state index is 0.206. The Kier molecular flexibility index (Phi) is 2.15. The quantitative estimate of drug-likeness (QED) is 0.666. The van der Waals surface area contributed by atoms with Crippen molar-refractivity contribution in [1.82, 2.24) is 4.98 Å². The first-order valence-corrected chi connectivity index (χ1v) is 3.40. The smallest absolute Gasteiger partial charge is 0.217 e. The summed E-state index contributed by atoms with van der Waals surface area (Å²) in [6.07, 6.45) is 0. The van der Waals surface area contributed by atoms with Crippen molar-refractivity contribution in [3.05, 3.63) is 17.3 Å². The summed E-state index contributed by atoms with van der Waals surface area (Å²) >= 11 is 0. The van der Waals surface area contributed by atoms with Crippen LogP contribution in [0.1, 0.15) is 11.3 Å². The van der Waals surface area contributed by atoms with Crippen molar-refractivity contribution >= 4 is 5.69 Å². The van der Waals surface area contributed by atoms with E-state index >= 15 is 0 Å². The number of anilines is 1. The van der Waals surface area contributed by atoms with Crippen molar-refractivity contribution in [1.29, 1.82) is 5.26 Å².